The predicted molar refractivity (Wildman–Crippen MR) is 65.4 cm³/mol. The van der Waals surface area contributed by atoms with E-state index in [9.17, 15) is 5.11 Å². The van der Waals surface area contributed by atoms with Crippen molar-refractivity contribution in [1.29, 1.82) is 0 Å². The number of hydrogen-bond donors (Lipinski definition) is 2. The van der Waals surface area contributed by atoms with Gasteiger partial charge in [0.1, 0.15) is 11.9 Å². The molecule has 4 atom stereocenters. The first-order chi connectivity index (χ1) is 8.15. The molecule has 2 fully saturated rings. The molecule has 0 amide bonds. The molecule has 17 heavy (non-hydrogen) atoms. The van der Waals surface area contributed by atoms with Crippen LogP contribution in [0.5, 0.6) is 0 Å². The van der Waals surface area contributed by atoms with Crippen molar-refractivity contribution in [3.05, 3.63) is 22.6 Å². The average molecular weight is 302 g/mol. The van der Waals surface area contributed by atoms with Crippen LogP contribution in [0.3, 0.4) is 0 Å². The summed E-state index contributed by atoms with van der Waals surface area (Å²) in [6.07, 6.45) is 2.54. The predicted octanol–water partition coefficient (Wildman–Crippen LogP) is 1.97. The van der Waals surface area contributed by atoms with E-state index < -0.39 is 6.10 Å². The van der Waals surface area contributed by atoms with E-state index in [1.54, 1.807) is 12.1 Å². The number of aliphatic hydroxyl groups excluding tert-OH is 1. The van der Waals surface area contributed by atoms with Crippen molar-refractivity contribution in [3.8, 4) is 0 Å². The van der Waals surface area contributed by atoms with Crippen molar-refractivity contribution in [1.82, 2.24) is 0 Å². The van der Waals surface area contributed by atoms with E-state index in [1.165, 1.54) is 0 Å². The molecule has 3 heterocycles. The zero-order chi connectivity index (χ0) is 12.0. The number of rotatable bonds is 3. The Hall–Kier alpha value is -0.360. The minimum atomic E-state index is -0.686. The van der Waals surface area contributed by atoms with Gasteiger partial charge in [-0.2, -0.15) is 0 Å². The van der Waals surface area contributed by atoms with Gasteiger partial charge in [0.2, 0.25) is 0 Å². The Kier molecular flexibility index (Phi) is 2.82. The van der Waals surface area contributed by atoms with E-state index >= 15 is 0 Å². The molecular formula is C12H16BrNO3. The summed E-state index contributed by atoms with van der Waals surface area (Å²) in [6.45, 7) is 0.424. The second kappa shape index (κ2) is 4.09. The third-order valence-corrected chi connectivity index (χ3v) is 4.57. The molecule has 4 nitrogen and oxygen atoms in total. The maximum Gasteiger partial charge on any atom is 0.169 e. The fourth-order valence-corrected chi connectivity index (χ4v) is 3.53. The van der Waals surface area contributed by atoms with Crippen LogP contribution < -0.4 is 5.73 Å². The highest BCUT2D eigenvalue weighted by atomic mass is 79.9. The van der Waals surface area contributed by atoms with Crippen molar-refractivity contribution in [3.63, 3.8) is 0 Å². The fraction of sp³-hybridized carbons (Fsp3) is 0.667. The molecule has 3 N–H and O–H groups in total. The van der Waals surface area contributed by atoms with Gasteiger partial charge in [0.15, 0.2) is 4.67 Å². The second-order valence-corrected chi connectivity index (χ2v) is 5.79. The van der Waals surface area contributed by atoms with Gasteiger partial charge >= 0.3 is 0 Å². The van der Waals surface area contributed by atoms with Gasteiger partial charge in [-0.15, -0.1) is 0 Å². The average Bonchev–Trinajstić information content (AvgIpc) is 3.02. The lowest BCUT2D eigenvalue weighted by Gasteiger charge is -2.37. The van der Waals surface area contributed by atoms with E-state index in [0.717, 1.165) is 19.3 Å². The normalized spacial score (nSPS) is 37.6. The first kappa shape index (κ1) is 11.7. The van der Waals surface area contributed by atoms with Crippen LogP contribution in [0.25, 0.3) is 0 Å². The Labute approximate surface area is 108 Å². The van der Waals surface area contributed by atoms with Crippen LogP contribution in [0.1, 0.15) is 31.1 Å². The number of ether oxygens (including phenoxy) is 1. The summed E-state index contributed by atoms with van der Waals surface area (Å²) in [5.41, 5.74) is 5.53. The zero-order valence-electron chi connectivity index (χ0n) is 9.43. The number of nitrogens with two attached hydrogens (primary N) is 1. The first-order valence-electron chi connectivity index (χ1n) is 5.94. The molecule has 2 aliphatic heterocycles. The minimum Gasteiger partial charge on any atom is -0.452 e. The Morgan fingerprint density at radius 1 is 1.53 bits per heavy atom. The molecule has 3 rings (SSSR count). The minimum absolute atomic E-state index is 0.0661. The van der Waals surface area contributed by atoms with Gasteiger partial charge in [-0.05, 0) is 47.3 Å². The molecule has 1 aromatic heterocycles. The lowest BCUT2D eigenvalue weighted by atomic mass is 9.69. The third-order valence-electron chi connectivity index (χ3n) is 4.14. The molecule has 1 aromatic rings. The van der Waals surface area contributed by atoms with Crippen LogP contribution in [-0.2, 0) is 4.74 Å². The Morgan fingerprint density at radius 3 is 2.82 bits per heavy atom. The summed E-state index contributed by atoms with van der Waals surface area (Å²) >= 11 is 3.25. The fourth-order valence-electron chi connectivity index (χ4n) is 3.21. The SMILES string of the molecule is NCC1(C(O)c2ccc(Br)o2)CC2CCC1O2. The number of fused-ring (bicyclic) bond motifs is 2. The highest BCUT2D eigenvalue weighted by molar-refractivity contribution is 9.10. The van der Waals surface area contributed by atoms with Crippen LogP contribution in [0.15, 0.2) is 21.2 Å². The Bertz CT molecular complexity index is 422. The summed E-state index contributed by atoms with van der Waals surface area (Å²) in [5, 5.41) is 10.5. The monoisotopic (exact) mass is 301 g/mol. The van der Waals surface area contributed by atoms with Gasteiger partial charge in [0, 0.05) is 12.0 Å². The van der Waals surface area contributed by atoms with Crippen LogP contribution in [0, 0.1) is 5.41 Å². The van der Waals surface area contributed by atoms with Crippen LogP contribution in [0.2, 0.25) is 0 Å². The molecule has 0 spiro atoms. The number of aliphatic hydroxyl groups is 1. The van der Waals surface area contributed by atoms with E-state index in [2.05, 4.69) is 15.9 Å². The largest absolute Gasteiger partial charge is 0.452 e. The Morgan fingerprint density at radius 2 is 2.35 bits per heavy atom. The number of furan rings is 1. The number of hydrogen-bond acceptors (Lipinski definition) is 4. The van der Waals surface area contributed by atoms with Gasteiger partial charge in [0.05, 0.1) is 12.2 Å². The topological polar surface area (TPSA) is 68.6 Å². The molecule has 0 saturated carbocycles. The van der Waals surface area contributed by atoms with Gasteiger partial charge in [-0.25, -0.2) is 0 Å². The summed E-state index contributed by atoms with van der Waals surface area (Å²) in [6, 6.07) is 3.58. The smallest absolute Gasteiger partial charge is 0.169 e. The summed E-state index contributed by atoms with van der Waals surface area (Å²) in [7, 11) is 0. The Balaban J connectivity index is 1.91. The van der Waals surface area contributed by atoms with Crippen molar-refractivity contribution in [2.75, 3.05) is 6.54 Å². The lowest BCUT2D eigenvalue weighted by molar-refractivity contribution is -0.0370. The molecule has 2 saturated heterocycles. The van der Waals surface area contributed by atoms with Crippen molar-refractivity contribution in [2.24, 2.45) is 11.1 Å². The van der Waals surface area contributed by atoms with Crippen molar-refractivity contribution in [2.45, 2.75) is 37.6 Å². The molecule has 0 aliphatic carbocycles. The van der Waals surface area contributed by atoms with Crippen molar-refractivity contribution >= 4 is 15.9 Å². The van der Waals surface area contributed by atoms with Gasteiger partial charge in [-0.1, -0.05) is 0 Å². The molecule has 4 unspecified atom stereocenters. The maximum absolute atomic E-state index is 10.5. The quantitative estimate of drug-likeness (QED) is 0.896. The van der Waals surface area contributed by atoms with Crippen LogP contribution in [-0.4, -0.2) is 23.9 Å². The van der Waals surface area contributed by atoms with Gasteiger partial charge in [-0.3, -0.25) is 0 Å². The summed E-state index contributed by atoms with van der Waals surface area (Å²) in [4.78, 5) is 0. The molecule has 94 valence electrons. The highest BCUT2D eigenvalue weighted by Crippen LogP contribution is 2.53. The van der Waals surface area contributed by atoms with E-state index in [-0.39, 0.29) is 17.6 Å². The third kappa shape index (κ3) is 1.68. The van der Waals surface area contributed by atoms with E-state index in [1.807, 2.05) is 0 Å². The van der Waals surface area contributed by atoms with Crippen molar-refractivity contribution < 1.29 is 14.3 Å². The van der Waals surface area contributed by atoms with Gasteiger partial charge in [0.25, 0.3) is 0 Å². The summed E-state index contributed by atoms with van der Waals surface area (Å²) < 4.78 is 11.9. The standard InChI is InChI=1S/C12H16BrNO3/c13-10-4-2-8(17-10)11(15)12(6-14)5-7-1-3-9(12)16-7/h2,4,7,9,11,15H,1,3,5-6,14H2. The molecule has 2 aliphatic rings. The first-order valence-corrected chi connectivity index (χ1v) is 6.74. The lowest BCUT2D eigenvalue weighted by Crippen LogP contribution is -2.44. The molecular weight excluding hydrogens is 286 g/mol. The highest BCUT2D eigenvalue weighted by Gasteiger charge is 2.56. The van der Waals surface area contributed by atoms with Crippen LogP contribution >= 0.6 is 15.9 Å². The number of halogens is 1. The van der Waals surface area contributed by atoms with Gasteiger partial charge < -0.3 is 20.0 Å². The van der Waals surface area contributed by atoms with E-state index in [4.69, 9.17) is 14.9 Å². The van der Waals surface area contributed by atoms with E-state index in [0.29, 0.717) is 17.0 Å². The molecule has 0 aromatic carbocycles. The molecule has 2 bridgehead atoms. The van der Waals surface area contributed by atoms with Crippen LogP contribution in [0.4, 0.5) is 0 Å². The maximum atomic E-state index is 10.5. The second-order valence-electron chi connectivity index (χ2n) is 5.01. The molecule has 0 radical (unpaired) electrons. The summed E-state index contributed by atoms with van der Waals surface area (Å²) in [5.74, 6) is 0.568. The zero-order valence-corrected chi connectivity index (χ0v) is 11.0. The molecule has 5 heteroatoms.